The Morgan fingerprint density at radius 3 is 3.00 bits per heavy atom. The molecule has 2 heterocycles. The molecule has 0 atom stereocenters. The van der Waals surface area contributed by atoms with Gasteiger partial charge in [0.25, 0.3) is 5.56 Å². The molecule has 0 aliphatic heterocycles. The van der Waals surface area contributed by atoms with E-state index in [4.69, 9.17) is 11.6 Å². The topological polar surface area (TPSA) is 75.6 Å². The number of aryl methyl sites for hydroxylation is 2. The number of anilines is 1. The minimum absolute atomic E-state index is 0.213. The first-order chi connectivity index (χ1) is 10.0. The number of halogens is 1. The lowest BCUT2D eigenvalue weighted by atomic mass is 10.1. The largest absolute Gasteiger partial charge is 0.352 e. The summed E-state index contributed by atoms with van der Waals surface area (Å²) in [5, 5.41) is 7.87. The number of nitrogens with zero attached hydrogens (tertiary/aromatic N) is 3. The van der Waals surface area contributed by atoms with Crippen molar-refractivity contribution in [3.8, 4) is 0 Å². The van der Waals surface area contributed by atoms with Gasteiger partial charge in [-0.25, -0.2) is 4.98 Å². The Morgan fingerprint density at radius 2 is 2.24 bits per heavy atom. The molecule has 0 amide bonds. The Morgan fingerprint density at radius 1 is 1.43 bits per heavy atom. The molecule has 1 aromatic carbocycles. The summed E-state index contributed by atoms with van der Waals surface area (Å²) in [5.74, 6) is 0.424. The summed E-state index contributed by atoms with van der Waals surface area (Å²) in [4.78, 5) is 19.0. The zero-order chi connectivity index (χ0) is 15.0. The van der Waals surface area contributed by atoms with E-state index < -0.39 is 0 Å². The first-order valence-electron chi connectivity index (χ1n) is 6.45. The first-order valence-corrected chi connectivity index (χ1v) is 6.83. The van der Waals surface area contributed by atoms with Gasteiger partial charge in [-0.05, 0) is 24.1 Å². The van der Waals surface area contributed by atoms with Gasteiger partial charge in [0, 0.05) is 18.6 Å². The number of aromatic amines is 1. The number of aromatic nitrogens is 4. The van der Waals surface area contributed by atoms with Crippen LogP contribution in [0.4, 0.5) is 5.95 Å². The monoisotopic (exact) mass is 303 g/mol. The fourth-order valence-corrected chi connectivity index (χ4v) is 2.29. The Balaban J connectivity index is 1.85. The van der Waals surface area contributed by atoms with E-state index in [1.807, 2.05) is 25.1 Å². The number of hydrogen-bond acceptors (Lipinski definition) is 4. The summed E-state index contributed by atoms with van der Waals surface area (Å²) in [6.45, 7) is 2.50. The average molecular weight is 304 g/mol. The average Bonchev–Trinajstić information content (AvgIpc) is 2.82. The van der Waals surface area contributed by atoms with Crippen LogP contribution in [0.2, 0.25) is 5.02 Å². The summed E-state index contributed by atoms with van der Waals surface area (Å²) in [7, 11) is 1.71. The van der Waals surface area contributed by atoms with Gasteiger partial charge in [-0.3, -0.25) is 14.5 Å². The highest BCUT2D eigenvalue weighted by atomic mass is 35.5. The fraction of sp³-hybridized carbons (Fsp3) is 0.214. The van der Waals surface area contributed by atoms with Crippen molar-refractivity contribution in [2.24, 2.45) is 7.05 Å². The highest BCUT2D eigenvalue weighted by Crippen LogP contribution is 2.17. The molecule has 3 aromatic rings. The molecule has 0 unspecified atom stereocenters. The maximum absolute atomic E-state index is 12.0. The van der Waals surface area contributed by atoms with Crippen LogP contribution in [0.1, 0.15) is 11.1 Å². The summed E-state index contributed by atoms with van der Waals surface area (Å²) >= 11 is 6.00. The Hall–Kier alpha value is -2.34. The van der Waals surface area contributed by atoms with Gasteiger partial charge in [0.1, 0.15) is 5.52 Å². The molecule has 0 saturated heterocycles. The van der Waals surface area contributed by atoms with Crippen molar-refractivity contribution >= 4 is 28.6 Å². The van der Waals surface area contributed by atoms with E-state index in [1.54, 1.807) is 13.2 Å². The van der Waals surface area contributed by atoms with Crippen LogP contribution in [0.25, 0.3) is 11.0 Å². The van der Waals surface area contributed by atoms with Crippen LogP contribution in [0.5, 0.6) is 0 Å². The first kappa shape index (κ1) is 13.6. The minimum atomic E-state index is -0.213. The van der Waals surface area contributed by atoms with Crippen molar-refractivity contribution in [3.63, 3.8) is 0 Å². The second kappa shape index (κ2) is 5.21. The van der Waals surface area contributed by atoms with Crippen molar-refractivity contribution in [1.29, 1.82) is 0 Å². The van der Waals surface area contributed by atoms with Gasteiger partial charge in [0.05, 0.1) is 6.20 Å². The molecule has 0 aliphatic carbocycles. The molecule has 0 aliphatic rings. The van der Waals surface area contributed by atoms with Crippen LogP contribution in [0.3, 0.4) is 0 Å². The normalized spacial score (nSPS) is 11.0. The summed E-state index contributed by atoms with van der Waals surface area (Å²) in [5.41, 5.74) is 2.89. The third-order valence-corrected chi connectivity index (χ3v) is 3.71. The van der Waals surface area contributed by atoms with Gasteiger partial charge >= 0.3 is 0 Å². The highest BCUT2D eigenvalue weighted by molar-refractivity contribution is 6.31. The molecular weight excluding hydrogens is 290 g/mol. The molecule has 0 fully saturated rings. The quantitative estimate of drug-likeness (QED) is 0.778. The van der Waals surface area contributed by atoms with Crippen molar-refractivity contribution in [3.05, 3.63) is 50.9 Å². The number of fused-ring (bicyclic) bond motifs is 1. The minimum Gasteiger partial charge on any atom is -0.352 e. The molecule has 21 heavy (non-hydrogen) atoms. The van der Waals surface area contributed by atoms with E-state index >= 15 is 0 Å². The summed E-state index contributed by atoms with van der Waals surface area (Å²) in [6, 6.07) is 5.79. The molecule has 2 aromatic heterocycles. The van der Waals surface area contributed by atoms with Crippen LogP contribution in [-0.2, 0) is 13.6 Å². The van der Waals surface area contributed by atoms with Gasteiger partial charge in [-0.15, -0.1) is 0 Å². The summed E-state index contributed by atoms with van der Waals surface area (Å²) in [6.07, 6.45) is 1.57. The number of hydrogen-bond donors (Lipinski definition) is 2. The number of rotatable bonds is 3. The standard InChI is InChI=1S/C14H14ClN5O/c1-8-5-9(3-4-10(8)15)6-16-14-18-11-7-17-20(2)12(11)13(21)19-14/h3-5,7H,6H2,1-2H3,(H2,16,18,19,21). The van der Waals surface area contributed by atoms with Gasteiger partial charge in [0.2, 0.25) is 5.95 Å². The van der Waals surface area contributed by atoms with E-state index in [0.717, 1.165) is 16.1 Å². The predicted molar refractivity (Wildman–Crippen MR) is 82.6 cm³/mol. The molecule has 3 rings (SSSR count). The van der Waals surface area contributed by atoms with E-state index in [2.05, 4.69) is 20.4 Å². The zero-order valence-electron chi connectivity index (χ0n) is 11.6. The molecule has 0 saturated carbocycles. The second-order valence-electron chi connectivity index (χ2n) is 4.85. The van der Waals surface area contributed by atoms with Crippen LogP contribution in [0, 0.1) is 6.92 Å². The Kier molecular flexibility index (Phi) is 3.39. The molecule has 108 valence electrons. The van der Waals surface area contributed by atoms with Crippen molar-refractivity contribution in [2.75, 3.05) is 5.32 Å². The molecule has 6 nitrogen and oxygen atoms in total. The van der Waals surface area contributed by atoms with Crippen LogP contribution in [0.15, 0.2) is 29.2 Å². The van der Waals surface area contributed by atoms with E-state index in [9.17, 15) is 4.79 Å². The number of nitrogens with one attached hydrogen (secondary N) is 2. The van der Waals surface area contributed by atoms with Crippen molar-refractivity contribution in [2.45, 2.75) is 13.5 Å². The molecule has 7 heteroatoms. The third kappa shape index (κ3) is 2.62. The van der Waals surface area contributed by atoms with Gasteiger partial charge in [0.15, 0.2) is 5.52 Å². The lowest BCUT2D eigenvalue weighted by molar-refractivity contribution is 0.792. The molecule has 0 bridgehead atoms. The SMILES string of the molecule is Cc1cc(CNc2nc3cnn(C)c3c(=O)[nH]2)ccc1Cl. The van der Waals surface area contributed by atoms with Crippen LogP contribution < -0.4 is 10.9 Å². The molecule has 0 radical (unpaired) electrons. The lowest BCUT2D eigenvalue weighted by Crippen LogP contribution is -2.15. The van der Waals surface area contributed by atoms with Gasteiger partial charge in [-0.1, -0.05) is 23.7 Å². The smallest absolute Gasteiger partial charge is 0.278 e. The zero-order valence-corrected chi connectivity index (χ0v) is 12.4. The van der Waals surface area contributed by atoms with Crippen molar-refractivity contribution in [1.82, 2.24) is 19.7 Å². The van der Waals surface area contributed by atoms with E-state index in [-0.39, 0.29) is 5.56 Å². The second-order valence-corrected chi connectivity index (χ2v) is 5.26. The lowest BCUT2D eigenvalue weighted by Gasteiger charge is -2.07. The van der Waals surface area contributed by atoms with Crippen LogP contribution >= 0.6 is 11.6 Å². The van der Waals surface area contributed by atoms with E-state index in [0.29, 0.717) is 23.5 Å². The summed E-state index contributed by atoms with van der Waals surface area (Å²) < 4.78 is 1.51. The third-order valence-electron chi connectivity index (χ3n) is 3.28. The maximum atomic E-state index is 12.0. The Bertz CT molecular complexity index is 867. The highest BCUT2D eigenvalue weighted by Gasteiger charge is 2.08. The molecular formula is C14H14ClN5O. The Labute approximate surface area is 125 Å². The predicted octanol–water partition coefficient (Wildman–Crippen LogP) is 2.23. The number of H-pyrrole nitrogens is 1. The number of benzene rings is 1. The maximum Gasteiger partial charge on any atom is 0.278 e. The fourth-order valence-electron chi connectivity index (χ4n) is 2.17. The molecule has 0 spiro atoms. The van der Waals surface area contributed by atoms with Crippen molar-refractivity contribution < 1.29 is 0 Å². The molecule has 2 N–H and O–H groups in total. The van der Waals surface area contributed by atoms with Crippen LogP contribution in [-0.4, -0.2) is 19.7 Å². The van der Waals surface area contributed by atoms with E-state index in [1.165, 1.54) is 4.68 Å². The van der Waals surface area contributed by atoms with Gasteiger partial charge < -0.3 is 5.32 Å². The van der Waals surface area contributed by atoms with Gasteiger partial charge in [-0.2, -0.15) is 5.10 Å².